The van der Waals surface area contributed by atoms with E-state index in [9.17, 15) is 5.11 Å². The van der Waals surface area contributed by atoms with E-state index in [-0.39, 0.29) is 12.1 Å². The van der Waals surface area contributed by atoms with Crippen molar-refractivity contribution in [1.29, 1.82) is 0 Å². The molecule has 17 heavy (non-hydrogen) atoms. The van der Waals surface area contributed by atoms with E-state index in [1.807, 2.05) is 7.05 Å². The van der Waals surface area contributed by atoms with E-state index in [0.717, 1.165) is 0 Å². The third-order valence-electron chi connectivity index (χ3n) is 4.73. The maximum atomic E-state index is 9.64. The molecule has 3 nitrogen and oxygen atoms in total. The summed E-state index contributed by atoms with van der Waals surface area (Å²) in [6, 6.07) is 0. The number of nitrogens with one attached hydrogen (secondary N) is 1. The zero-order valence-electron chi connectivity index (χ0n) is 11.2. The maximum absolute atomic E-state index is 9.64. The Labute approximate surface area is 105 Å². The molecule has 0 aromatic carbocycles. The molecule has 0 aromatic heterocycles. The van der Waals surface area contributed by atoms with Crippen LogP contribution in [-0.2, 0) is 4.74 Å². The molecule has 2 rings (SSSR count). The van der Waals surface area contributed by atoms with Crippen LogP contribution in [-0.4, -0.2) is 37.0 Å². The van der Waals surface area contributed by atoms with E-state index >= 15 is 0 Å². The molecule has 2 fully saturated rings. The highest BCUT2D eigenvalue weighted by Gasteiger charge is 2.44. The van der Waals surface area contributed by atoms with Crippen LogP contribution >= 0.6 is 0 Å². The zero-order chi connectivity index (χ0) is 12.3. The topological polar surface area (TPSA) is 41.5 Å². The van der Waals surface area contributed by atoms with Crippen LogP contribution in [0.3, 0.4) is 0 Å². The molecular formula is C14H27NO2. The van der Waals surface area contributed by atoms with Crippen molar-refractivity contribution in [2.45, 2.75) is 57.1 Å². The first-order valence-corrected chi connectivity index (χ1v) is 7.13. The first-order chi connectivity index (χ1) is 8.22. The summed E-state index contributed by atoms with van der Waals surface area (Å²) in [7, 11) is 1.95. The van der Waals surface area contributed by atoms with Crippen molar-refractivity contribution in [3.05, 3.63) is 0 Å². The van der Waals surface area contributed by atoms with Gasteiger partial charge in [-0.2, -0.15) is 0 Å². The summed E-state index contributed by atoms with van der Waals surface area (Å²) in [5.41, 5.74) is -0.183. The molecule has 2 saturated carbocycles. The second-order valence-corrected chi connectivity index (χ2v) is 5.95. The van der Waals surface area contributed by atoms with Crippen LogP contribution in [0, 0.1) is 11.8 Å². The van der Waals surface area contributed by atoms with Crippen LogP contribution < -0.4 is 5.32 Å². The van der Waals surface area contributed by atoms with Crippen LogP contribution in [0.5, 0.6) is 0 Å². The molecular weight excluding hydrogens is 214 g/mol. The molecule has 2 aliphatic rings. The van der Waals surface area contributed by atoms with Crippen molar-refractivity contribution in [3.8, 4) is 0 Å². The van der Waals surface area contributed by atoms with Gasteiger partial charge in [0.2, 0.25) is 0 Å². The average Bonchev–Trinajstić information content (AvgIpc) is 3.18. The van der Waals surface area contributed by atoms with Crippen molar-refractivity contribution >= 4 is 0 Å². The lowest BCUT2D eigenvalue weighted by molar-refractivity contribution is -0.0504. The second kappa shape index (κ2) is 5.68. The van der Waals surface area contributed by atoms with Gasteiger partial charge in [-0.1, -0.05) is 19.8 Å². The van der Waals surface area contributed by atoms with E-state index in [0.29, 0.717) is 24.5 Å². The van der Waals surface area contributed by atoms with Crippen molar-refractivity contribution in [3.63, 3.8) is 0 Å². The van der Waals surface area contributed by atoms with Gasteiger partial charge in [0.15, 0.2) is 0 Å². The van der Waals surface area contributed by atoms with E-state index in [1.165, 1.54) is 38.5 Å². The normalized spacial score (nSPS) is 33.4. The molecule has 0 spiro atoms. The summed E-state index contributed by atoms with van der Waals surface area (Å²) in [5.74, 6) is 1.28. The van der Waals surface area contributed by atoms with Gasteiger partial charge < -0.3 is 15.2 Å². The number of likely N-dealkylation sites (N-methyl/N-ethyl adjacent to an activating group) is 1. The van der Waals surface area contributed by atoms with E-state index in [1.54, 1.807) is 0 Å². The zero-order valence-corrected chi connectivity index (χ0v) is 11.2. The molecule has 0 aromatic rings. The minimum absolute atomic E-state index is 0.183. The molecule has 0 aliphatic heterocycles. The number of rotatable bonds is 6. The molecule has 100 valence electrons. The lowest BCUT2D eigenvalue weighted by atomic mass is 9.87. The van der Waals surface area contributed by atoms with Crippen molar-refractivity contribution in [1.82, 2.24) is 5.32 Å². The Morgan fingerprint density at radius 2 is 1.94 bits per heavy atom. The standard InChI is InChI=1S/C14H27NO2/c1-11-5-3-4-6-13(11)17-10-14(9-16,15-2)12-7-8-12/h11-13,15-16H,3-10H2,1-2H3. The van der Waals surface area contributed by atoms with Gasteiger partial charge in [-0.3, -0.25) is 0 Å². The lowest BCUT2D eigenvalue weighted by Crippen LogP contribution is -2.53. The van der Waals surface area contributed by atoms with Gasteiger partial charge in [0.05, 0.1) is 24.9 Å². The van der Waals surface area contributed by atoms with Gasteiger partial charge >= 0.3 is 0 Å². The number of aliphatic hydroxyl groups excluding tert-OH is 1. The van der Waals surface area contributed by atoms with Gasteiger partial charge in [-0.15, -0.1) is 0 Å². The maximum Gasteiger partial charge on any atom is 0.0677 e. The first-order valence-electron chi connectivity index (χ1n) is 7.13. The molecule has 0 radical (unpaired) electrons. The SMILES string of the molecule is CNC(CO)(COC1CCCCC1C)C1CC1. The van der Waals surface area contributed by atoms with Crippen LogP contribution in [0.15, 0.2) is 0 Å². The summed E-state index contributed by atoms with van der Waals surface area (Å²) in [4.78, 5) is 0. The first kappa shape index (κ1) is 13.3. The monoisotopic (exact) mass is 241 g/mol. The average molecular weight is 241 g/mol. The van der Waals surface area contributed by atoms with Gasteiger partial charge in [-0.05, 0) is 44.6 Å². The molecule has 0 amide bonds. The van der Waals surface area contributed by atoms with Crippen LogP contribution in [0.4, 0.5) is 0 Å². The second-order valence-electron chi connectivity index (χ2n) is 5.95. The molecule has 3 atom stereocenters. The van der Waals surface area contributed by atoms with Crippen LogP contribution in [0.25, 0.3) is 0 Å². The van der Waals surface area contributed by atoms with Crippen molar-refractivity contribution in [2.24, 2.45) is 11.8 Å². The molecule has 0 bridgehead atoms. The van der Waals surface area contributed by atoms with Crippen LogP contribution in [0.2, 0.25) is 0 Å². The Morgan fingerprint density at radius 3 is 2.47 bits per heavy atom. The number of ether oxygens (including phenoxy) is 1. The Kier molecular flexibility index (Phi) is 4.45. The summed E-state index contributed by atoms with van der Waals surface area (Å²) >= 11 is 0. The minimum atomic E-state index is -0.183. The highest BCUT2D eigenvalue weighted by molar-refractivity contribution is 5.00. The smallest absolute Gasteiger partial charge is 0.0677 e. The Balaban J connectivity index is 1.85. The largest absolute Gasteiger partial charge is 0.394 e. The van der Waals surface area contributed by atoms with Gasteiger partial charge in [-0.25, -0.2) is 0 Å². The summed E-state index contributed by atoms with van der Waals surface area (Å²) in [6.07, 6.45) is 7.99. The van der Waals surface area contributed by atoms with Gasteiger partial charge in [0.1, 0.15) is 0 Å². The number of hydrogen-bond acceptors (Lipinski definition) is 3. The number of aliphatic hydroxyl groups is 1. The fraction of sp³-hybridized carbons (Fsp3) is 1.00. The van der Waals surface area contributed by atoms with Gasteiger partial charge in [0.25, 0.3) is 0 Å². The summed E-state index contributed by atoms with van der Waals surface area (Å²) in [5, 5.41) is 12.9. The Morgan fingerprint density at radius 1 is 1.24 bits per heavy atom. The molecule has 2 N–H and O–H groups in total. The molecule has 2 aliphatic carbocycles. The molecule has 0 saturated heterocycles. The van der Waals surface area contributed by atoms with Crippen LogP contribution in [0.1, 0.15) is 45.4 Å². The van der Waals surface area contributed by atoms with E-state index < -0.39 is 0 Å². The highest BCUT2D eigenvalue weighted by Crippen LogP contribution is 2.40. The fourth-order valence-electron chi connectivity index (χ4n) is 3.07. The molecule has 3 unspecified atom stereocenters. The minimum Gasteiger partial charge on any atom is -0.394 e. The van der Waals surface area contributed by atoms with Gasteiger partial charge in [0, 0.05) is 0 Å². The lowest BCUT2D eigenvalue weighted by Gasteiger charge is -2.36. The van der Waals surface area contributed by atoms with Crippen molar-refractivity contribution in [2.75, 3.05) is 20.3 Å². The van der Waals surface area contributed by atoms with Crippen molar-refractivity contribution < 1.29 is 9.84 Å². The molecule has 0 heterocycles. The molecule has 3 heteroatoms. The predicted octanol–water partition coefficient (Wildman–Crippen LogP) is 1.94. The predicted molar refractivity (Wildman–Crippen MR) is 69.0 cm³/mol. The summed E-state index contributed by atoms with van der Waals surface area (Å²) < 4.78 is 6.12. The number of hydrogen-bond donors (Lipinski definition) is 2. The third-order valence-corrected chi connectivity index (χ3v) is 4.73. The third kappa shape index (κ3) is 3.01. The van der Waals surface area contributed by atoms with E-state index in [2.05, 4.69) is 12.2 Å². The van der Waals surface area contributed by atoms with E-state index in [4.69, 9.17) is 4.74 Å². The Bertz CT molecular complexity index is 236. The quantitative estimate of drug-likeness (QED) is 0.747. The summed E-state index contributed by atoms with van der Waals surface area (Å²) in [6.45, 7) is 3.15. The Hall–Kier alpha value is -0.120. The fourth-order valence-corrected chi connectivity index (χ4v) is 3.07. The highest BCUT2D eigenvalue weighted by atomic mass is 16.5.